The Balaban J connectivity index is 2.23. The Kier molecular flexibility index (Phi) is 5.26. The van der Waals surface area contributed by atoms with Crippen molar-refractivity contribution >= 4 is 11.5 Å². The molecule has 0 spiro atoms. The van der Waals surface area contributed by atoms with Gasteiger partial charge in [0.15, 0.2) is 0 Å². The van der Waals surface area contributed by atoms with Crippen molar-refractivity contribution in [2.75, 3.05) is 6.61 Å². The number of allylic oxidation sites excluding steroid dienone is 2. The third-order valence-corrected chi connectivity index (χ3v) is 3.57. The van der Waals surface area contributed by atoms with Gasteiger partial charge >= 0.3 is 6.18 Å². The molecule has 2 atom stereocenters. The van der Waals surface area contributed by atoms with Crippen LogP contribution >= 0.6 is 0 Å². The summed E-state index contributed by atoms with van der Waals surface area (Å²) in [5.74, 6) is -1.16. The van der Waals surface area contributed by atoms with Gasteiger partial charge in [0, 0.05) is 6.61 Å². The molecule has 23 heavy (non-hydrogen) atoms. The van der Waals surface area contributed by atoms with Gasteiger partial charge in [0.2, 0.25) is 5.91 Å². The highest BCUT2D eigenvalue weighted by atomic mass is 19.4. The van der Waals surface area contributed by atoms with Crippen LogP contribution < -0.4 is 5.73 Å². The molecule has 0 aromatic heterocycles. The Morgan fingerprint density at radius 1 is 1.26 bits per heavy atom. The standard InChI is InChI=1S/C17H18F3NO2/c1-2-9-23-15-8-5-12(10-14(15)16(21)22)11-3-6-13(7-4-11)17(18,19)20/h3-8,10,14-15H,2,9H2,1H3,(H2,21,22). The van der Waals surface area contributed by atoms with Crippen LogP contribution in [0.3, 0.4) is 0 Å². The van der Waals surface area contributed by atoms with Crippen LogP contribution in [-0.4, -0.2) is 18.6 Å². The first-order valence-corrected chi connectivity index (χ1v) is 7.31. The summed E-state index contributed by atoms with van der Waals surface area (Å²) >= 11 is 0. The fraction of sp³-hybridized carbons (Fsp3) is 0.353. The number of carbonyl (C=O) groups excluding carboxylic acids is 1. The molecule has 0 fully saturated rings. The number of primary amides is 1. The lowest BCUT2D eigenvalue weighted by Crippen LogP contribution is -2.34. The molecule has 0 bridgehead atoms. The largest absolute Gasteiger partial charge is 0.416 e. The maximum atomic E-state index is 12.6. The number of rotatable bonds is 5. The van der Waals surface area contributed by atoms with E-state index in [1.54, 1.807) is 18.2 Å². The number of hydrogen-bond donors (Lipinski definition) is 1. The summed E-state index contributed by atoms with van der Waals surface area (Å²) in [4.78, 5) is 11.6. The third kappa shape index (κ3) is 4.22. The Hall–Kier alpha value is -2.08. The van der Waals surface area contributed by atoms with E-state index in [1.807, 2.05) is 6.92 Å². The second-order valence-corrected chi connectivity index (χ2v) is 5.32. The monoisotopic (exact) mass is 325 g/mol. The highest BCUT2D eigenvalue weighted by Gasteiger charge is 2.30. The number of ether oxygens (including phenoxy) is 1. The molecule has 2 rings (SSSR count). The van der Waals surface area contributed by atoms with Crippen molar-refractivity contribution in [2.45, 2.75) is 25.6 Å². The number of amides is 1. The van der Waals surface area contributed by atoms with E-state index < -0.39 is 29.7 Å². The number of benzene rings is 1. The van der Waals surface area contributed by atoms with Crippen molar-refractivity contribution in [1.82, 2.24) is 0 Å². The maximum Gasteiger partial charge on any atom is 0.416 e. The quantitative estimate of drug-likeness (QED) is 0.900. The highest BCUT2D eigenvalue weighted by molar-refractivity contribution is 5.86. The Morgan fingerprint density at radius 3 is 2.43 bits per heavy atom. The predicted molar refractivity (Wildman–Crippen MR) is 81.3 cm³/mol. The first-order valence-electron chi connectivity index (χ1n) is 7.31. The van der Waals surface area contributed by atoms with Crippen LogP contribution in [0.5, 0.6) is 0 Å². The molecular formula is C17H18F3NO2. The summed E-state index contributed by atoms with van der Waals surface area (Å²) < 4.78 is 43.4. The zero-order chi connectivity index (χ0) is 17.0. The van der Waals surface area contributed by atoms with E-state index in [4.69, 9.17) is 10.5 Å². The fourth-order valence-corrected chi connectivity index (χ4v) is 2.36. The number of hydrogen-bond acceptors (Lipinski definition) is 2. The summed E-state index contributed by atoms with van der Waals surface area (Å²) in [6, 6.07) is 4.79. The van der Waals surface area contributed by atoms with Crippen LogP contribution in [0.25, 0.3) is 5.57 Å². The highest BCUT2D eigenvalue weighted by Crippen LogP contribution is 2.32. The fourth-order valence-electron chi connectivity index (χ4n) is 2.36. The van der Waals surface area contributed by atoms with Crippen LogP contribution in [0.2, 0.25) is 0 Å². The van der Waals surface area contributed by atoms with Crippen molar-refractivity contribution in [3.63, 3.8) is 0 Å². The first-order chi connectivity index (χ1) is 10.8. The second kappa shape index (κ2) is 7.00. The lowest BCUT2D eigenvalue weighted by molar-refractivity contribution is -0.137. The number of nitrogens with two attached hydrogens (primary N) is 1. The van der Waals surface area contributed by atoms with Crippen LogP contribution in [0.1, 0.15) is 24.5 Å². The van der Waals surface area contributed by atoms with E-state index >= 15 is 0 Å². The smallest absolute Gasteiger partial charge is 0.373 e. The Labute approximate surface area is 132 Å². The van der Waals surface area contributed by atoms with Gasteiger partial charge in [0.1, 0.15) is 0 Å². The number of halogens is 3. The molecule has 2 unspecified atom stereocenters. The molecule has 0 heterocycles. The maximum absolute atomic E-state index is 12.6. The lowest BCUT2D eigenvalue weighted by Gasteiger charge is -2.24. The van der Waals surface area contributed by atoms with Gasteiger partial charge in [-0.05, 0) is 29.7 Å². The third-order valence-electron chi connectivity index (χ3n) is 3.57. The van der Waals surface area contributed by atoms with Crippen molar-refractivity contribution in [3.8, 4) is 0 Å². The summed E-state index contributed by atoms with van der Waals surface area (Å²) in [5.41, 5.74) is 5.94. The summed E-state index contributed by atoms with van der Waals surface area (Å²) in [6.07, 6.45) is 1.10. The number of carbonyl (C=O) groups is 1. The molecule has 6 heteroatoms. The van der Waals surface area contributed by atoms with Gasteiger partial charge in [-0.15, -0.1) is 0 Å². The van der Waals surface area contributed by atoms with E-state index in [1.165, 1.54) is 12.1 Å². The van der Waals surface area contributed by atoms with Crippen LogP contribution in [0, 0.1) is 5.92 Å². The van der Waals surface area contributed by atoms with Crippen molar-refractivity contribution in [2.24, 2.45) is 11.7 Å². The molecule has 0 aliphatic heterocycles. The molecule has 1 amide bonds. The molecule has 124 valence electrons. The van der Waals surface area contributed by atoms with E-state index in [0.29, 0.717) is 17.7 Å². The minimum Gasteiger partial charge on any atom is -0.373 e. The Bertz CT molecular complexity index is 618. The van der Waals surface area contributed by atoms with E-state index in [9.17, 15) is 18.0 Å². The SMILES string of the molecule is CCCOC1C=CC(c2ccc(C(F)(F)F)cc2)=CC1C(N)=O. The average molecular weight is 325 g/mol. The first kappa shape index (κ1) is 17.3. The summed E-state index contributed by atoms with van der Waals surface area (Å²) in [7, 11) is 0. The van der Waals surface area contributed by atoms with Gasteiger partial charge in [-0.3, -0.25) is 4.79 Å². The molecule has 0 radical (unpaired) electrons. The normalized spacial score (nSPS) is 21.1. The second-order valence-electron chi connectivity index (χ2n) is 5.32. The van der Waals surface area contributed by atoms with E-state index in [0.717, 1.165) is 18.6 Å². The van der Waals surface area contributed by atoms with Crippen molar-refractivity contribution in [3.05, 3.63) is 53.6 Å². The van der Waals surface area contributed by atoms with Gasteiger partial charge < -0.3 is 10.5 Å². The van der Waals surface area contributed by atoms with Gasteiger partial charge in [0.05, 0.1) is 17.6 Å². The summed E-state index contributed by atoms with van der Waals surface area (Å²) in [5, 5.41) is 0. The van der Waals surface area contributed by atoms with Gasteiger partial charge in [-0.1, -0.05) is 37.3 Å². The zero-order valence-corrected chi connectivity index (χ0v) is 12.6. The van der Waals surface area contributed by atoms with Gasteiger partial charge in [-0.25, -0.2) is 0 Å². The minimum atomic E-state index is -4.37. The molecule has 1 aromatic carbocycles. The van der Waals surface area contributed by atoms with Gasteiger partial charge in [-0.2, -0.15) is 13.2 Å². The predicted octanol–water partition coefficient (Wildman–Crippen LogP) is 3.56. The molecule has 1 aliphatic rings. The van der Waals surface area contributed by atoms with E-state index in [-0.39, 0.29) is 0 Å². The Morgan fingerprint density at radius 2 is 1.91 bits per heavy atom. The van der Waals surface area contributed by atoms with E-state index in [2.05, 4.69) is 0 Å². The lowest BCUT2D eigenvalue weighted by atomic mass is 9.89. The molecular weight excluding hydrogens is 307 g/mol. The zero-order valence-electron chi connectivity index (χ0n) is 12.6. The van der Waals surface area contributed by atoms with Crippen LogP contribution in [0.4, 0.5) is 13.2 Å². The molecule has 3 nitrogen and oxygen atoms in total. The molecule has 2 N–H and O–H groups in total. The average Bonchev–Trinajstić information content (AvgIpc) is 2.52. The molecule has 1 aromatic rings. The van der Waals surface area contributed by atoms with Crippen LogP contribution in [0.15, 0.2) is 42.5 Å². The van der Waals surface area contributed by atoms with Crippen LogP contribution in [-0.2, 0) is 15.7 Å². The molecule has 1 aliphatic carbocycles. The molecule has 0 saturated carbocycles. The minimum absolute atomic E-state index is 0.439. The van der Waals surface area contributed by atoms with Gasteiger partial charge in [0.25, 0.3) is 0 Å². The van der Waals surface area contributed by atoms with Crippen molar-refractivity contribution in [1.29, 1.82) is 0 Å². The molecule has 0 saturated heterocycles. The topological polar surface area (TPSA) is 52.3 Å². The number of alkyl halides is 3. The summed E-state index contributed by atoms with van der Waals surface area (Å²) in [6.45, 7) is 2.46. The van der Waals surface area contributed by atoms with Crippen molar-refractivity contribution < 1.29 is 22.7 Å².